The van der Waals surface area contributed by atoms with Gasteiger partial charge < -0.3 is 19.5 Å². The van der Waals surface area contributed by atoms with Crippen molar-refractivity contribution in [3.05, 3.63) is 18.3 Å². The summed E-state index contributed by atoms with van der Waals surface area (Å²) < 4.78 is 15.3. The smallest absolute Gasteiger partial charge is 0.213 e. The fourth-order valence-corrected chi connectivity index (χ4v) is 1.42. The van der Waals surface area contributed by atoms with Crippen molar-refractivity contribution in [1.29, 1.82) is 0 Å². The van der Waals surface area contributed by atoms with E-state index in [-0.39, 0.29) is 12.3 Å². The lowest BCUT2D eigenvalue weighted by Crippen LogP contribution is -2.33. The van der Waals surface area contributed by atoms with Crippen LogP contribution in [0.5, 0.6) is 5.88 Å². The van der Waals surface area contributed by atoms with Gasteiger partial charge in [-0.15, -0.1) is 0 Å². The molecule has 0 fully saturated rings. The molecule has 0 amide bonds. The Morgan fingerprint density at radius 1 is 1.19 bits per heavy atom. The molecule has 90 valence electrons. The minimum Gasteiger partial charge on any atom is -0.481 e. The monoisotopic (exact) mass is 226 g/mol. The number of methoxy groups -OCH3 is 3. The van der Waals surface area contributed by atoms with E-state index in [4.69, 9.17) is 14.2 Å². The Hall–Kier alpha value is -1.33. The Morgan fingerprint density at radius 2 is 1.88 bits per heavy atom. The van der Waals surface area contributed by atoms with Gasteiger partial charge in [-0.05, 0) is 13.0 Å². The maximum Gasteiger partial charge on any atom is 0.213 e. The molecular formula is C11H18N2O3. The SMILES string of the molecule is COc1ccc(NC(C)C(OC)OC)cn1. The lowest BCUT2D eigenvalue weighted by atomic mass is 10.3. The summed E-state index contributed by atoms with van der Waals surface area (Å²) in [6.45, 7) is 1.97. The molecule has 1 aromatic rings. The normalized spacial score (nSPS) is 12.6. The molecule has 0 spiro atoms. The molecule has 1 rings (SSSR count). The summed E-state index contributed by atoms with van der Waals surface area (Å²) in [6.07, 6.45) is 1.42. The first-order valence-electron chi connectivity index (χ1n) is 5.03. The van der Waals surface area contributed by atoms with Crippen LogP contribution >= 0.6 is 0 Å². The Labute approximate surface area is 95.7 Å². The topological polar surface area (TPSA) is 52.6 Å². The van der Waals surface area contributed by atoms with E-state index in [1.807, 2.05) is 13.0 Å². The van der Waals surface area contributed by atoms with E-state index in [9.17, 15) is 0 Å². The summed E-state index contributed by atoms with van der Waals surface area (Å²) in [7, 11) is 4.81. The first-order valence-corrected chi connectivity index (χ1v) is 5.03. The highest BCUT2D eigenvalue weighted by atomic mass is 16.7. The molecule has 1 heterocycles. The Kier molecular flexibility index (Phi) is 5.01. The first-order chi connectivity index (χ1) is 7.71. The van der Waals surface area contributed by atoms with E-state index in [0.29, 0.717) is 5.88 Å². The third-order valence-electron chi connectivity index (χ3n) is 2.21. The quantitative estimate of drug-likeness (QED) is 0.745. The number of aromatic nitrogens is 1. The number of rotatable bonds is 6. The fourth-order valence-electron chi connectivity index (χ4n) is 1.42. The number of nitrogens with zero attached hydrogens (tertiary/aromatic N) is 1. The van der Waals surface area contributed by atoms with Crippen molar-refractivity contribution >= 4 is 5.69 Å². The fraction of sp³-hybridized carbons (Fsp3) is 0.545. The molecule has 16 heavy (non-hydrogen) atoms. The minimum atomic E-state index is -0.290. The molecule has 1 N–H and O–H groups in total. The van der Waals surface area contributed by atoms with E-state index in [1.54, 1.807) is 33.6 Å². The molecule has 1 atom stereocenters. The number of ether oxygens (including phenoxy) is 3. The van der Waals surface area contributed by atoms with Gasteiger partial charge in [0, 0.05) is 20.3 Å². The Balaban J connectivity index is 2.58. The third-order valence-corrected chi connectivity index (χ3v) is 2.21. The molecule has 0 saturated heterocycles. The van der Waals surface area contributed by atoms with Crippen LogP contribution in [0.4, 0.5) is 5.69 Å². The summed E-state index contributed by atoms with van der Waals surface area (Å²) >= 11 is 0. The van der Waals surface area contributed by atoms with Crippen molar-refractivity contribution in [2.45, 2.75) is 19.3 Å². The average molecular weight is 226 g/mol. The Morgan fingerprint density at radius 3 is 2.31 bits per heavy atom. The van der Waals surface area contributed by atoms with Crippen LogP contribution in [0.25, 0.3) is 0 Å². The number of anilines is 1. The van der Waals surface area contributed by atoms with Gasteiger partial charge in [0.25, 0.3) is 0 Å². The Bertz CT molecular complexity index is 299. The molecule has 0 aliphatic carbocycles. The molecular weight excluding hydrogens is 208 g/mol. The van der Waals surface area contributed by atoms with E-state index in [1.165, 1.54) is 0 Å². The van der Waals surface area contributed by atoms with Gasteiger partial charge in [-0.25, -0.2) is 4.98 Å². The largest absolute Gasteiger partial charge is 0.481 e. The van der Waals surface area contributed by atoms with Crippen LogP contribution in [0.1, 0.15) is 6.92 Å². The number of hydrogen-bond acceptors (Lipinski definition) is 5. The molecule has 0 aliphatic heterocycles. The summed E-state index contributed by atoms with van der Waals surface area (Å²) in [5, 5.41) is 3.23. The lowest BCUT2D eigenvalue weighted by molar-refractivity contribution is -0.109. The maximum atomic E-state index is 5.15. The second-order valence-electron chi connectivity index (χ2n) is 3.36. The van der Waals surface area contributed by atoms with Crippen molar-refractivity contribution in [2.75, 3.05) is 26.6 Å². The van der Waals surface area contributed by atoms with Gasteiger partial charge in [0.05, 0.1) is 25.0 Å². The van der Waals surface area contributed by atoms with Crippen LogP contribution in [-0.4, -0.2) is 38.6 Å². The molecule has 0 radical (unpaired) electrons. The zero-order chi connectivity index (χ0) is 12.0. The summed E-state index contributed by atoms with van der Waals surface area (Å²) in [5.41, 5.74) is 0.896. The van der Waals surface area contributed by atoms with Crippen molar-refractivity contribution in [3.8, 4) is 5.88 Å². The summed E-state index contributed by atoms with van der Waals surface area (Å²) in [5.74, 6) is 0.591. The standard InChI is InChI=1S/C11H18N2O3/c1-8(11(15-3)16-4)13-9-5-6-10(14-2)12-7-9/h5-8,11,13H,1-4H3. The van der Waals surface area contributed by atoms with Gasteiger partial charge in [-0.3, -0.25) is 0 Å². The van der Waals surface area contributed by atoms with Crippen LogP contribution < -0.4 is 10.1 Å². The van der Waals surface area contributed by atoms with E-state index in [0.717, 1.165) is 5.69 Å². The van der Waals surface area contributed by atoms with E-state index < -0.39 is 0 Å². The maximum absolute atomic E-state index is 5.15. The van der Waals surface area contributed by atoms with Gasteiger partial charge in [0.15, 0.2) is 6.29 Å². The van der Waals surface area contributed by atoms with Gasteiger partial charge in [-0.1, -0.05) is 0 Å². The molecule has 1 unspecified atom stereocenters. The van der Waals surface area contributed by atoms with Crippen molar-refractivity contribution in [2.24, 2.45) is 0 Å². The summed E-state index contributed by atoms with van der Waals surface area (Å²) in [6, 6.07) is 3.72. The second kappa shape index (κ2) is 6.30. The van der Waals surface area contributed by atoms with E-state index >= 15 is 0 Å². The summed E-state index contributed by atoms with van der Waals surface area (Å²) in [4.78, 5) is 4.09. The molecule has 0 aliphatic rings. The predicted octanol–water partition coefficient (Wildman–Crippen LogP) is 1.51. The zero-order valence-electron chi connectivity index (χ0n) is 10.1. The van der Waals surface area contributed by atoms with Crippen LogP contribution in [0.2, 0.25) is 0 Å². The van der Waals surface area contributed by atoms with Crippen LogP contribution in [0, 0.1) is 0 Å². The van der Waals surface area contributed by atoms with Gasteiger partial charge in [-0.2, -0.15) is 0 Å². The van der Waals surface area contributed by atoms with Gasteiger partial charge in [0.2, 0.25) is 5.88 Å². The minimum absolute atomic E-state index is 0.0326. The van der Waals surface area contributed by atoms with Crippen molar-refractivity contribution in [3.63, 3.8) is 0 Å². The van der Waals surface area contributed by atoms with Crippen molar-refractivity contribution in [1.82, 2.24) is 4.98 Å². The first kappa shape index (κ1) is 12.7. The molecule has 0 aromatic carbocycles. The predicted molar refractivity (Wildman–Crippen MR) is 61.7 cm³/mol. The van der Waals surface area contributed by atoms with Crippen LogP contribution in [0.15, 0.2) is 18.3 Å². The molecule has 0 bridgehead atoms. The average Bonchev–Trinajstić information content (AvgIpc) is 2.31. The molecule has 0 saturated carbocycles. The van der Waals surface area contributed by atoms with Gasteiger partial charge >= 0.3 is 0 Å². The van der Waals surface area contributed by atoms with E-state index in [2.05, 4.69) is 10.3 Å². The molecule has 5 heteroatoms. The van der Waals surface area contributed by atoms with Crippen LogP contribution in [0.3, 0.4) is 0 Å². The lowest BCUT2D eigenvalue weighted by Gasteiger charge is -2.22. The highest BCUT2D eigenvalue weighted by molar-refractivity contribution is 5.42. The van der Waals surface area contributed by atoms with Gasteiger partial charge in [0.1, 0.15) is 0 Å². The molecule has 1 aromatic heterocycles. The highest BCUT2D eigenvalue weighted by Gasteiger charge is 2.15. The number of pyridine rings is 1. The number of hydrogen-bond donors (Lipinski definition) is 1. The second-order valence-corrected chi connectivity index (χ2v) is 3.36. The van der Waals surface area contributed by atoms with Crippen molar-refractivity contribution < 1.29 is 14.2 Å². The third kappa shape index (κ3) is 3.36. The number of nitrogens with one attached hydrogen (secondary N) is 1. The highest BCUT2D eigenvalue weighted by Crippen LogP contribution is 2.13. The zero-order valence-corrected chi connectivity index (χ0v) is 10.1. The molecule has 5 nitrogen and oxygen atoms in total. The van der Waals surface area contributed by atoms with Crippen LogP contribution in [-0.2, 0) is 9.47 Å².